The number of fused-ring (bicyclic) bond motifs is 2. The van der Waals surface area contributed by atoms with E-state index in [1.165, 1.54) is 4.90 Å². The molecule has 9 heteroatoms. The summed E-state index contributed by atoms with van der Waals surface area (Å²) in [4.78, 5) is 43.7. The van der Waals surface area contributed by atoms with E-state index in [9.17, 15) is 14.4 Å². The third kappa shape index (κ3) is 2.91. The van der Waals surface area contributed by atoms with Crippen molar-refractivity contribution in [1.29, 1.82) is 0 Å². The molecule has 2 aliphatic rings. The van der Waals surface area contributed by atoms with Crippen molar-refractivity contribution in [1.82, 2.24) is 24.9 Å². The molecule has 0 aliphatic carbocycles. The Morgan fingerprint density at radius 2 is 2.04 bits per heavy atom. The Bertz CT molecular complexity index is 926. The highest BCUT2D eigenvalue weighted by Crippen LogP contribution is 2.25. The maximum absolute atomic E-state index is 13.2. The van der Waals surface area contributed by atoms with Gasteiger partial charge in [0.1, 0.15) is 12.1 Å². The van der Waals surface area contributed by atoms with Crippen LogP contribution >= 0.6 is 0 Å². The van der Waals surface area contributed by atoms with E-state index in [-0.39, 0.29) is 30.0 Å². The van der Waals surface area contributed by atoms with Crippen molar-refractivity contribution >= 4 is 28.6 Å². The molecule has 28 heavy (non-hydrogen) atoms. The van der Waals surface area contributed by atoms with Crippen LogP contribution < -0.4 is 0 Å². The maximum Gasteiger partial charge on any atom is 0.275 e. The van der Waals surface area contributed by atoms with Gasteiger partial charge in [-0.2, -0.15) is 5.10 Å². The van der Waals surface area contributed by atoms with E-state index in [0.29, 0.717) is 31.6 Å². The van der Waals surface area contributed by atoms with Crippen LogP contribution in [-0.2, 0) is 14.3 Å². The molecule has 0 radical (unpaired) electrons. The average molecular weight is 385 g/mol. The number of hydrogen-bond acceptors (Lipinski definition) is 5. The van der Waals surface area contributed by atoms with Crippen molar-refractivity contribution in [2.24, 2.45) is 0 Å². The molecule has 1 aromatic carbocycles. The lowest BCUT2D eigenvalue weighted by molar-refractivity contribution is -0.160. The zero-order valence-electron chi connectivity index (χ0n) is 15.9. The van der Waals surface area contributed by atoms with Crippen LogP contribution in [0.2, 0.25) is 0 Å². The number of nitrogens with one attached hydrogen (secondary N) is 1. The van der Waals surface area contributed by atoms with Crippen LogP contribution in [0.3, 0.4) is 0 Å². The predicted molar refractivity (Wildman–Crippen MR) is 101 cm³/mol. The number of aromatic nitrogens is 2. The maximum atomic E-state index is 13.2. The van der Waals surface area contributed by atoms with Gasteiger partial charge in [0.15, 0.2) is 5.69 Å². The highest BCUT2D eigenvalue weighted by Gasteiger charge is 2.47. The molecule has 2 aromatic rings. The SMILES string of the molecule is COCCN1CCN2C(=O)[C@H](C)N(C(=O)c3n[nH]c4ccccc34)C[C@H]2C1=O. The molecule has 4 rings (SSSR count). The Morgan fingerprint density at radius 3 is 2.82 bits per heavy atom. The van der Waals surface area contributed by atoms with E-state index >= 15 is 0 Å². The lowest BCUT2D eigenvalue weighted by atomic mass is 10.0. The number of ether oxygens (including phenoxy) is 1. The quantitative estimate of drug-likeness (QED) is 0.804. The normalized spacial score (nSPS) is 22.7. The van der Waals surface area contributed by atoms with Crippen molar-refractivity contribution in [3.8, 4) is 0 Å². The minimum Gasteiger partial charge on any atom is -0.383 e. The second-order valence-electron chi connectivity index (χ2n) is 7.12. The number of benzene rings is 1. The average Bonchev–Trinajstić information content (AvgIpc) is 3.14. The Balaban J connectivity index is 1.60. The fraction of sp³-hybridized carbons (Fsp3) is 0.474. The molecule has 3 heterocycles. The van der Waals surface area contributed by atoms with Crippen molar-refractivity contribution in [2.45, 2.75) is 19.0 Å². The summed E-state index contributed by atoms with van der Waals surface area (Å²) in [6.45, 7) is 3.72. The number of methoxy groups -OCH3 is 1. The third-order valence-electron chi connectivity index (χ3n) is 5.56. The lowest BCUT2D eigenvalue weighted by Gasteiger charge is -2.48. The van der Waals surface area contributed by atoms with E-state index in [1.807, 2.05) is 24.3 Å². The van der Waals surface area contributed by atoms with Crippen molar-refractivity contribution in [3.63, 3.8) is 0 Å². The van der Waals surface area contributed by atoms with Crippen LogP contribution in [-0.4, -0.2) is 94.6 Å². The first-order chi connectivity index (χ1) is 13.5. The van der Waals surface area contributed by atoms with Gasteiger partial charge in [0, 0.05) is 32.1 Å². The van der Waals surface area contributed by atoms with Gasteiger partial charge in [-0.05, 0) is 13.0 Å². The van der Waals surface area contributed by atoms with Gasteiger partial charge < -0.3 is 19.4 Å². The summed E-state index contributed by atoms with van der Waals surface area (Å²) in [7, 11) is 1.58. The number of carbonyl (C=O) groups is 3. The topological polar surface area (TPSA) is 98.8 Å². The monoisotopic (exact) mass is 385 g/mol. The number of nitrogens with zero attached hydrogens (tertiary/aromatic N) is 4. The van der Waals surface area contributed by atoms with Crippen LogP contribution in [0.1, 0.15) is 17.4 Å². The summed E-state index contributed by atoms with van der Waals surface area (Å²) in [5.41, 5.74) is 1.02. The van der Waals surface area contributed by atoms with Gasteiger partial charge in [-0.3, -0.25) is 19.5 Å². The van der Waals surface area contributed by atoms with E-state index in [4.69, 9.17) is 4.74 Å². The molecule has 2 fully saturated rings. The largest absolute Gasteiger partial charge is 0.383 e. The molecule has 0 spiro atoms. The van der Waals surface area contributed by atoms with Crippen LogP contribution in [0.5, 0.6) is 0 Å². The van der Waals surface area contributed by atoms with Crippen LogP contribution in [0.4, 0.5) is 0 Å². The smallest absolute Gasteiger partial charge is 0.275 e. The summed E-state index contributed by atoms with van der Waals surface area (Å²) < 4.78 is 5.07. The Hall–Kier alpha value is -2.94. The molecule has 2 atom stereocenters. The van der Waals surface area contributed by atoms with Gasteiger partial charge in [0.05, 0.1) is 18.7 Å². The van der Waals surface area contributed by atoms with Gasteiger partial charge >= 0.3 is 0 Å². The predicted octanol–water partition coefficient (Wildman–Crippen LogP) is 0.0930. The van der Waals surface area contributed by atoms with E-state index in [0.717, 1.165) is 5.52 Å². The first-order valence-electron chi connectivity index (χ1n) is 9.35. The molecule has 2 saturated heterocycles. The molecule has 1 aromatic heterocycles. The fourth-order valence-electron chi connectivity index (χ4n) is 3.94. The van der Waals surface area contributed by atoms with E-state index < -0.39 is 12.1 Å². The van der Waals surface area contributed by atoms with Gasteiger partial charge in [-0.25, -0.2) is 0 Å². The van der Waals surface area contributed by atoms with Crippen LogP contribution in [0, 0.1) is 0 Å². The summed E-state index contributed by atoms with van der Waals surface area (Å²) in [5.74, 6) is -0.697. The molecule has 0 bridgehead atoms. The van der Waals surface area contributed by atoms with E-state index in [2.05, 4.69) is 10.2 Å². The van der Waals surface area contributed by atoms with Gasteiger partial charge in [0.25, 0.3) is 5.91 Å². The number of rotatable bonds is 4. The number of amides is 3. The van der Waals surface area contributed by atoms with Gasteiger partial charge in [-0.1, -0.05) is 18.2 Å². The van der Waals surface area contributed by atoms with Gasteiger partial charge in [0.2, 0.25) is 11.8 Å². The zero-order valence-corrected chi connectivity index (χ0v) is 15.9. The zero-order chi connectivity index (χ0) is 19.8. The standard InChI is InChI=1S/C19H23N5O4/c1-12-17(25)23-8-7-22(9-10-28-2)18(26)15(23)11-24(12)19(27)16-13-5-3-4-6-14(13)20-21-16/h3-6,12,15H,7-11H2,1-2H3,(H,20,21)/t12-,15-/m0/s1. The number of H-pyrrole nitrogens is 1. The molecule has 3 amide bonds. The van der Waals surface area contributed by atoms with Crippen molar-refractivity contribution < 1.29 is 19.1 Å². The summed E-state index contributed by atoms with van der Waals surface area (Å²) in [6, 6.07) is 6.03. The van der Waals surface area contributed by atoms with Crippen molar-refractivity contribution in [3.05, 3.63) is 30.0 Å². The molecule has 9 nitrogen and oxygen atoms in total. The summed E-state index contributed by atoms with van der Waals surface area (Å²) in [5, 5.41) is 7.70. The van der Waals surface area contributed by atoms with Gasteiger partial charge in [-0.15, -0.1) is 0 Å². The highest BCUT2D eigenvalue weighted by atomic mass is 16.5. The van der Waals surface area contributed by atoms with Crippen molar-refractivity contribution in [2.75, 3.05) is 39.9 Å². The lowest BCUT2D eigenvalue weighted by Crippen LogP contribution is -2.70. The summed E-state index contributed by atoms with van der Waals surface area (Å²) >= 11 is 0. The molecule has 0 saturated carbocycles. The molecule has 1 N–H and O–H groups in total. The molecular formula is C19H23N5O4. The second-order valence-corrected chi connectivity index (χ2v) is 7.12. The minimum atomic E-state index is -0.663. The Morgan fingerprint density at radius 1 is 1.25 bits per heavy atom. The second kappa shape index (κ2) is 7.23. The highest BCUT2D eigenvalue weighted by molar-refractivity contribution is 6.07. The first kappa shape index (κ1) is 18.4. The number of aromatic amines is 1. The number of piperazine rings is 2. The van der Waals surface area contributed by atoms with Crippen LogP contribution in [0.15, 0.2) is 24.3 Å². The number of hydrogen-bond donors (Lipinski definition) is 1. The first-order valence-corrected chi connectivity index (χ1v) is 9.35. The fourth-order valence-corrected chi connectivity index (χ4v) is 3.94. The summed E-state index contributed by atoms with van der Waals surface area (Å²) in [6.07, 6.45) is 0. The Kier molecular flexibility index (Phi) is 4.76. The number of para-hydroxylation sites is 1. The third-order valence-corrected chi connectivity index (χ3v) is 5.56. The van der Waals surface area contributed by atoms with Crippen LogP contribution in [0.25, 0.3) is 10.9 Å². The molecule has 148 valence electrons. The molecule has 0 unspecified atom stereocenters. The van der Waals surface area contributed by atoms with E-state index in [1.54, 1.807) is 23.8 Å². The minimum absolute atomic E-state index is 0.145. The molecule has 2 aliphatic heterocycles. The number of carbonyl (C=O) groups excluding carboxylic acids is 3. The Labute approximate surface area is 162 Å². The molecular weight excluding hydrogens is 362 g/mol.